The van der Waals surface area contributed by atoms with Gasteiger partial charge in [-0.3, -0.25) is 10.00 Å². The molecule has 0 radical (unpaired) electrons. The van der Waals surface area contributed by atoms with Crippen molar-refractivity contribution in [2.45, 2.75) is 19.9 Å². The molecular weight excluding hydrogens is 395 g/mol. The molecular formula is C14H27IN6O. The first kappa shape index (κ1) is 19.2. The number of morpholine rings is 1. The van der Waals surface area contributed by atoms with Crippen LogP contribution < -0.4 is 10.6 Å². The topological polar surface area (TPSA) is 77.6 Å². The Labute approximate surface area is 149 Å². The quantitative estimate of drug-likeness (QED) is 0.262. The molecule has 0 aromatic carbocycles. The highest BCUT2D eigenvalue weighted by atomic mass is 127. The molecule has 2 heterocycles. The van der Waals surface area contributed by atoms with Crippen molar-refractivity contribution in [3.8, 4) is 0 Å². The third kappa shape index (κ3) is 7.41. The number of nitrogens with zero attached hydrogens (tertiary/aromatic N) is 3. The van der Waals surface area contributed by atoms with Gasteiger partial charge in [0, 0.05) is 32.4 Å². The van der Waals surface area contributed by atoms with Crippen LogP contribution in [-0.4, -0.2) is 67.0 Å². The molecule has 0 aliphatic carbocycles. The molecule has 1 aromatic rings. The van der Waals surface area contributed by atoms with E-state index in [-0.39, 0.29) is 24.0 Å². The number of H-pyrrole nitrogens is 1. The second kappa shape index (κ2) is 11.7. The Morgan fingerprint density at radius 2 is 2.23 bits per heavy atom. The minimum Gasteiger partial charge on any atom is -0.379 e. The Bertz CT molecular complexity index is 405. The van der Waals surface area contributed by atoms with Crippen LogP contribution in [0.3, 0.4) is 0 Å². The molecule has 7 nitrogen and oxygen atoms in total. The average molecular weight is 422 g/mol. The minimum absolute atomic E-state index is 0. The number of aliphatic imine (C=N–C) groups is 1. The van der Waals surface area contributed by atoms with Gasteiger partial charge in [0.1, 0.15) is 0 Å². The molecule has 8 heteroatoms. The molecule has 0 saturated carbocycles. The summed E-state index contributed by atoms with van der Waals surface area (Å²) in [6.07, 6.45) is 2.85. The highest BCUT2D eigenvalue weighted by molar-refractivity contribution is 14.0. The van der Waals surface area contributed by atoms with Crippen molar-refractivity contribution in [3.05, 3.63) is 18.0 Å². The van der Waals surface area contributed by atoms with Crippen LogP contribution in [-0.2, 0) is 11.3 Å². The predicted octanol–water partition coefficient (Wildman–Crippen LogP) is 0.805. The molecule has 0 spiro atoms. The molecule has 3 N–H and O–H groups in total. The van der Waals surface area contributed by atoms with Crippen molar-refractivity contribution in [1.29, 1.82) is 0 Å². The van der Waals surface area contributed by atoms with Crippen LogP contribution in [0.2, 0.25) is 0 Å². The number of nitrogens with one attached hydrogen (secondary N) is 3. The number of halogens is 1. The summed E-state index contributed by atoms with van der Waals surface area (Å²) >= 11 is 0. The summed E-state index contributed by atoms with van der Waals surface area (Å²) < 4.78 is 5.35. The van der Waals surface area contributed by atoms with E-state index in [0.29, 0.717) is 6.54 Å². The van der Waals surface area contributed by atoms with Gasteiger partial charge in [-0.25, -0.2) is 4.99 Å². The Morgan fingerprint density at radius 1 is 1.41 bits per heavy atom. The van der Waals surface area contributed by atoms with Crippen LogP contribution in [0.5, 0.6) is 0 Å². The molecule has 22 heavy (non-hydrogen) atoms. The fourth-order valence-electron chi connectivity index (χ4n) is 2.21. The first-order valence-corrected chi connectivity index (χ1v) is 7.69. The van der Waals surface area contributed by atoms with E-state index < -0.39 is 0 Å². The van der Waals surface area contributed by atoms with Crippen molar-refractivity contribution in [2.75, 3.05) is 45.9 Å². The van der Waals surface area contributed by atoms with E-state index in [9.17, 15) is 0 Å². The highest BCUT2D eigenvalue weighted by Gasteiger charge is 2.09. The Morgan fingerprint density at radius 3 is 2.91 bits per heavy atom. The molecule has 0 unspecified atom stereocenters. The lowest BCUT2D eigenvalue weighted by Crippen LogP contribution is -2.40. The third-order valence-corrected chi connectivity index (χ3v) is 3.36. The summed E-state index contributed by atoms with van der Waals surface area (Å²) in [6, 6.07) is 1.94. The molecule has 2 rings (SSSR count). The first-order chi connectivity index (χ1) is 10.4. The number of rotatable bonds is 7. The van der Waals surface area contributed by atoms with Crippen LogP contribution >= 0.6 is 24.0 Å². The molecule has 1 aliphatic heterocycles. The lowest BCUT2D eigenvalue weighted by Gasteiger charge is -2.26. The van der Waals surface area contributed by atoms with Gasteiger partial charge < -0.3 is 15.4 Å². The average Bonchev–Trinajstić information content (AvgIpc) is 3.03. The number of aromatic amines is 1. The summed E-state index contributed by atoms with van der Waals surface area (Å²) in [6.45, 7) is 9.39. The van der Waals surface area contributed by atoms with Gasteiger partial charge in [-0.05, 0) is 26.0 Å². The van der Waals surface area contributed by atoms with E-state index >= 15 is 0 Å². The Kier molecular flexibility index (Phi) is 10.2. The van der Waals surface area contributed by atoms with Crippen molar-refractivity contribution >= 4 is 29.9 Å². The third-order valence-electron chi connectivity index (χ3n) is 3.36. The Hall–Kier alpha value is -0.870. The molecule has 0 amide bonds. The normalized spacial score (nSPS) is 16.1. The minimum atomic E-state index is 0. The molecule has 1 aliphatic rings. The maximum Gasteiger partial charge on any atom is 0.191 e. The largest absolute Gasteiger partial charge is 0.379 e. The number of ether oxygens (including phenoxy) is 1. The van der Waals surface area contributed by atoms with Gasteiger partial charge in [0.2, 0.25) is 0 Å². The number of hydrogen-bond donors (Lipinski definition) is 3. The number of hydrogen-bond acceptors (Lipinski definition) is 4. The molecule has 1 fully saturated rings. The number of aromatic nitrogens is 2. The van der Waals surface area contributed by atoms with E-state index in [1.165, 1.54) is 0 Å². The van der Waals surface area contributed by atoms with Crippen molar-refractivity contribution in [3.63, 3.8) is 0 Å². The van der Waals surface area contributed by atoms with Gasteiger partial charge >= 0.3 is 0 Å². The van der Waals surface area contributed by atoms with Crippen LogP contribution in [0.4, 0.5) is 0 Å². The van der Waals surface area contributed by atoms with Gasteiger partial charge in [0.05, 0.1) is 25.5 Å². The van der Waals surface area contributed by atoms with E-state index in [0.717, 1.165) is 64.0 Å². The molecule has 0 atom stereocenters. The van der Waals surface area contributed by atoms with E-state index in [1.807, 2.05) is 6.07 Å². The van der Waals surface area contributed by atoms with Crippen molar-refractivity contribution in [1.82, 2.24) is 25.7 Å². The maximum atomic E-state index is 5.35. The van der Waals surface area contributed by atoms with Crippen LogP contribution in [0.25, 0.3) is 0 Å². The number of guanidine groups is 1. The smallest absolute Gasteiger partial charge is 0.191 e. The summed E-state index contributed by atoms with van der Waals surface area (Å²) in [5, 5.41) is 13.5. The fraction of sp³-hybridized carbons (Fsp3) is 0.714. The summed E-state index contributed by atoms with van der Waals surface area (Å²) in [5.74, 6) is 0.856. The maximum absolute atomic E-state index is 5.35. The van der Waals surface area contributed by atoms with Crippen molar-refractivity contribution in [2.24, 2.45) is 4.99 Å². The summed E-state index contributed by atoms with van der Waals surface area (Å²) in [4.78, 5) is 6.97. The van der Waals surface area contributed by atoms with Gasteiger partial charge in [-0.1, -0.05) is 0 Å². The van der Waals surface area contributed by atoms with E-state index in [4.69, 9.17) is 4.74 Å². The van der Waals surface area contributed by atoms with Crippen LogP contribution in [0, 0.1) is 0 Å². The zero-order valence-corrected chi connectivity index (χ0v) is 15.5. The Balaban J connectivity index is 0.00000242. The van der Waals surface area contributed by atoms with E-state index in [1.54, 1.807) is 6.20 Å². The second-order valence-electron chi connectivity index (χ2n) is 5.01. The molecule has 0 bridgehead atoms. The summed E-state index contributed by atoms with van der Waals surface area (Å²) in [7, 11) is 0. The van der Waals surface area contributed by atoms with Crippen molar-refractivity contribution < 1.29 is 4.74 Å². The van der Waals surface area contributed by atoms with Gasteiger partial charge in [-0.15, -0.1) is 24.0 Å². The first-order valence-electron chi connectivity index (χ1n) is 7.69. The van der Waals surface area contributed by atoms with Crippen LogP contribution in [0.1, 0.15) is 19.0 Å². The van der Waals surface area contributed by atoms with Gasteiger partial charge in [0.15, 0.2) is 5.96 Å². The summed E-state index contributed by atoms with van der Waals surface area (Å²) in [5.41, 5.74) is 1.01. The van der Waals surface area contributed by atoms with Crippen LogP contribution in [0.15, 0.2) is 17.3 Å². The van der Waals surface area contributed by atoms with E-state index in [2.05, 4.69) is 37.6 Å². The second-order valence-corrected chi connectivity index (χ2v) is 5.01. The lowest BCUT2D eigenvalue weighted by atomic mass is 10.3. The monoisotopic (exact) mass is 422 g/mol. The fourth-order valence-corrected chi connectivity index (χ4v) is 2.21. The molecule has 126 valence electrons. The van der Waals surface area contributed by atoms with Gasteiger partial charge in [0.25, 0.3) is 0 Å². The lowest BCUT2D eigenvalue weighted by molar-refractivity contribution is 0.0376. The zero-order chi connectivity index (χ0) is 14.8. The highest BCUT2D eigenvalue weighted by Crippen LogP contribution is 1.97. The standard InChI is InChI=1S/C14H26N6O.HI/c1-2-15-14(17-12-13-4-6-18-19-13)16-5-3-7-20-8-10-21-11-9-20;/h4,6H,2-3,5,7-12H2,1H3,(H,18,19)(H2,15,16,17);1H. The SMILES string of the molecule is CCNC(=NCc1ccn[nH]1)NCCCN1CCOCC1.I. The molecule has 1 aromatic heterocycles. The van der Waals surface area contributed by atoms with Gasteiger partial charge in [-0.2, -0.15) is 5.10 Å². The predicted molar refractivity (Wildman–Crippen MR) is 98.7 cm³/mol. The molecule has 1 saturated heterocycles. The zero-order valence-electron chi connectivity index (χ0n) is 13.2.